The molecule has 1 aromatic rings. The van der Waals surface area contributed by atoms with Crippen LogP contribution in [-0.4, -0.2) is 12.5 Å². The van der Waals surface area contributed by atoms with Crippen molar-refractivity contribution in [1.82, 2.24) is 5.32 Å². The van der Waals surface area contributed by atoms with Gasteiger partial charge in [-0.3, -0.25) is 4.79 Å². The van der Waals surface area contributed by atoms with E-state index in [4.69, 9.17) is 0 Å². The largest absolute Gasteiger partial charge is 0.352 e. The molecular weight excluding hydrogens is 206 g/mol. The van der Waals surface area contributed by atoms with E-state index >= 15 is 0 Å². The van der Waals surface area contributed by atoms with Gasteiger partial charge in [0.2, 0.25) is 5.91 Å². The molecule has 0 saturated heterocycles. The van der Waals surface area contributed by atoms with E-state index in [1.807, 2.05) is 23.6 Å². The van der Waals surface area contributed by atoms with Crippen LogP contribution >= 0.6 is 11.3 Å². The van der Waals surface area contributed by atoms with Gasteiger partial charge in [-0.2, -0.15) is 0 Å². The van der Waals surface area contributed by atoms with Crippen LogP contribution in [0.3, 0.4) is 0 Å². The number of thiophene rings is 1. The molecule has 0 fully saturated rings. The Balaban J connectivity index is 2.26. The summed E-state index contributed by atoms with van der Waals surface area (Å²) in [7, 11) is 0. The fourth-order valence-corrected chi connectivity index (χ4v) is 1.59. The Hall–Kier alpha value is -1.53. The van der Waals surface area contributed by atoms with E-state index < -0.39 is 0 Å². The Bertz CT molecular complexity index is 381. The molecule has 1 heterocycles. The summed E-state index contributed by atoms with van der Waals surface area (Å²) in [6.07, 6.45) is 4.06. The fourth-order valence-electron chi connectivity index (χ4n) is 0.976. The summed E-state index contributed by atoms with van der Waals surface area (Å²) in [5, 5.41) is 4.74. The lowest BCUT2D eigenvalue weighted by molar-refractivity contribution is -0.116. The number of hydrogen-bond donors (Lipinski definition) is 1. The predicted molar refractivity (Wildman–Crippen MR) is 64.4 cm³/mol. The summed E-state index contributed by atoms with van der Waals surface area (Å²) in [6, 6.07) is 3.93. The molecular formula is C12H13NOS. The smallest absolute Gasteiger partial charge is 0.244 e. The molecule has 0 saturated carbocycles. The van der Waals surface area contributed by atoms with Gasteiger partial charge in [-0.15, -0.1) is 23.2 Å². The minimum Gasteiger partial charge on any atom is -0.352 e. The Morgan fingerprint density at radius 2 is 2.53 bits per heavy atom. The van der Waals surface area contributed by atoms with Crippen LogP contribution in [0.2, 0.25) is 0 Å². The molecule has 0 atom stereocenters. The third-order valence-electron chi connectivity index (χ3n) is 1.67. The van der Waals surface area contributed by atoms with Crippen LogP contribution in [0.4, 0.5) is 0 Å². The second-order valence-corrected chi connectivity index (χ2v) is 3.80. The molecule has 2 nitrogen and oxygen atoms in total. The van der Waals surface area contributed by atoms with Crippen molar-refractivity contribution < 1.29 is 4.79 Å². The maximum atomic E-state index is 11.3. The molecule has 0 unspecified atom stereocenters. The Morgan fingerprint density at radius 1 is 1.67 bits per heavy atom. The molecule has 0 spiro atoms. The van der Waals surface area contributed by atoms with Crippen molar-refractivity contribution in [3.63, 3.8) is 0 Å². The lowest BCUT2D eigenvalue weighted by Gasteiger charge is -1.96. The van der Waals surface area contributed by atoms with E-state index in [9.17, 15) is 4.79 Å². The van der Waals surface area contributed by atoms with Crippen molar-refractivity contribution in [2.24, 2.45) is 0 Å². The topological polar surface area (TPSA) is 29.1 Å². The highest BCUT2D eigenvalue weighted by Crippen LogP contribution is 2.09. The maximum Gasteiger partial charge on any atom is 0.244 e. The van der Waals surface area contributed by atoms with E-state index in [0.29, 0.717) is 13.0 Å². The van der Waals surface area contributed by atoms with Crippen molar-refractivity contribution in [2.45, 2.75) is 13.3 Å². The fraction of sp³-hybridized carbons (Fsp3) is 0.250. The first kappa shape index (κ1) is 11.5. The van der Waals surface area contributed by atoms with Crippen molar-refractivity contribution in [1.29, 1.82) is 0 Å². The van der Waals surface area contributed by atoms with Crippen LogP contribution < -0.4 is 5.32 Å². The Morgan fingerprint density at radius 3 is 3.20 bits per heavy atom. The van der Waals surface area contributed by atoms with Crippen LogP contribution in [0.25, 0.3) is 6.08 Å². The Labute approximate surface area is 94.0 Å². The highest BCUT2D eigenvalue weighted by molar-refractivity contribution is 7.10. The third-order valence-corrected chi connectivity index (χ3v) is 2.51. The first-order valence-corrected chi connectivity index (χ1v) is 5.60. The average molecular weight is 219 g/mol. The van der Waals surface area contributed by atoms with E-state index in [-0.39, 0.29) is 5.91 Å². The van der Waals surface area contributed by atoms with Crippen LogP contribution in [0, 0.1) is 11.8 Å². The van der Waals surface area contributed by atoms with Crippen molar-refractivity contribution in [2.75, 3.05) is 6.54 Å². The van der Waals surface area contributed by atoms with Gasteiger partial charge in [-0.1, -0.05) is 6.07 Å². The van der Waals surface area contributed by atoms with E-state index in [1.54, 1.807) is 24.3 Å². The molecule has 1 aromatic heterocycles. The summed E-state index contributed by atoms with van der Waals surface area (Å²) < 4.78 is 0. The summed E-state index contributed by atoms with van der Waals surface area (Å²) in [5.74, 6) is 5.60. The molecule has 78 valence electrons. The number of hydrogen-bond acceptors (Lipinski definition) is 2. The standard InChI is InChI=1S/C12H13NOS/c1-2-3-4-9-13-12(14)8-7-11-6-5-10-15-11/h5-8,10H,4,9H2,1H3,(H,13,14)/b8-7+. The molecule has 0 aliphatic rings. The third kappa shape index (κ3) is 5.04. The summed E-state index contributed by atoms with van der Waals surface area (Å²) >= 11 is 1.61. The van der Waals surface area contributed by atoms with Gasteiger partial charge in [-0.25, -0.2) is 0 Å². The van der Waals surface area contributed by atoms with Crippen molar-refractivity contribution in [3.8, 4) is 11.8 Å². The first-order valence-electron chi connectivity index (χ1n) is 4.72. The lowest BCUT2D eigenvalue weighted by Crippen LogP contribution is -2.21. The van der Waals surface area contributed by atoms with Gasteiger partial charge in [0.25, 0.3) is 0 Å². The van der Waals surface area contributed by atoms with Crippen LogP contribution in [-0.2, 0) is 4.79 Å². The second kappa shape index (κ2) is 6.86. The van der Waals surface area contributed by atoms with Crippen LogP contribution in [0.1, 0.15) is 18.2 Å². The molecule has 0 radical (unpaired) electrons. The SMILES string of the molecule is CC#CCCNC(=O)/C=C/c1cccs1. The molecule has 1 N–H and O–H groups in total. The Kier molecular flexibility index (Phi) is 5.28. The molecule has 15 heavy (non-hydrogen) atoms. The minimum absolute atomic E-state index is 0.0682. The first-order chi connectivity index (χ1) is 7.33. The van der Waals surface area contributed by atoms with Crippen molar-refractivity contribution >= 4 is 23.3 Å². The van der Waals surface area contributed by atoms with E-state index in [0.717, 1.165) is 4.88 Å². The number of rotatable bonds is 4. The van der Waals surface area contributed by atoms with E-state index in [1.165, 1.54) is 0 Å². The van der Waals surface area contributed by atoms with Crippen molar-refractivity contribution in [3.05, 3.63) is 28.5 Å². The van der Waals surface area contributed by atoms with Gasteiger partial charge in [0.15, 0.2) is 0 Å². The molecule has 0 aliphatic heterocycles. The summed E-state index contributed by atoms with van der Waals surface area (Å²) in [6.45, 7) is 2.40. The van der Waals surface area contributed by atoms with Gasteiger partial charge in [0.1, 0.15) is 0 Å². The normalized spacial score (nSPS) is 9.67. The molecule has 0 bridgehead atoms. The summed E-state index contributed by atoms with van der Waals surface area (Å²) in [4.78, 5) is 12.3. The van der Waals surface area contributed by atoms with Gasteiger partial charge in [0, 0.05) is 23.9 Å². The molecule has 0 aliphatic carbocycles. The van der Waals surface area contributed by atoms with Crippen LogP contribution in [0.15, 0.2) is 23.6 Å². The predicted octanol–water partition coefficient (Wildman–Crippen LogP) is 2.29. The zero-order chi connectivity index (χ0) is 10.9. The number of carbonyl (C=O) groups excluding carboxylic acids is 1. The van der Waals surface area contributed by atoms with Gasteiger partial charge in [-0.05, 0) is 24.4 Å². The zero-order valence-corrected chi connectivity index (χ0v) is 9.43. The van der Waals surface area contributed by atoms with Gasteiger partial charge in [0.05, 0.1) is 0 Å². The highest BCUT2D eigenvalue weighted by Gasteiger charge is 1.93. The summed E-state index contributed by atoms with van der Waals surface area (Å²) in [5.41, 5.74) is 0. The zero-order valence-electron chi connectivity index (χ0n) is 8.62. The quantitative estimate of drug-likeness (QED) is 0.470. The van der Waals surface area contributed by atoms with Crippen LogP contribution in [0.5, 0.6) is 0 Å². The number of nitrogens with one attached hydrogen (secondary N) is 1. The maximum absolute atomic E-state index is 11.3. The minimum atomic E-state index is -0.0682. The van der Waals surface area contributed by atoms with E-state index in [2.05, 4.69) is 17.2 Å². The number of amides is 1. The molecule has 1 rings (SSSR count). The molecule has 0 aromatic carbocycles. The van der Waals surface area contributed by atoms with Gasteiger partial charge < -0.3 is 5.32 Å². The number of carbonyl (C=O) groups is 1. The average Bonchev–Trinajstić information content (AvgIpc) is 2.74. The molecule has 3 heteroatoms. The molecule has 1 amide bonds. The highest BCUT2D eigenvalue weighted by atomic mass is 32.1. The lowest BCUT2D eigenvalue weighted by atomic mass is 10.4. The second-order valence-electron chi connectivity index (χ2n) is 2.82. The monoisotopic (exact) mass is 219 g/mol. The van der Waals surface area contributed by atoms with Gasteiger partial charge >= 0.3 is 0 Å².